The van der Waals surface area contributed by atoms with Gasteiger partial charge in [0.1, 0.15) is 0 Å². The minimum atomic E-state index is 0.0774. The summed E-state index contributed by atoms with van der Waals surface area (Å²) < 4.78 is 0.199. The van der Waals surface area contributed by atoms with Crippen LogP contribution in [0, 0.1) is 5.92 Å². The van der Waals surface area contributed by atoms with E-state index in [-0.39, 0.29) is 22.6 Å². The van der Waals surface area contributed by atoms with Gasteiger partial charge in [0, 0.05) is 27.3 Å². The first-order chi connectivity index (χ1) is 9.33. The van der Waals surface area contributed by atoms with Crippen molar-refractivity contribution in [3.05, 3.63) is 24.3 Å². The van der Waals surface area contributed by atoms with Gasteiger partial charge in [-0.25, -0.2) is 0 Å². The van der Waals surface area contributed by atoms with Gasteiger partial charge in [-0.15, -0.1) is 11.8 Å². The number of anilines is 1. The summed E-state index contributed by atoms with van der Waals surface area (Å²) >= 11 is 1.82. The fourth-order valence-corrected chi connectivity index (χ4v) is 3.44. The van der Waals surface area contributed by atoms with Gasteiger partial charge < -0.3 is 11.1 Å². The zero-order valence-electron chi connectivity index (χ0n) is 12.5. The van der Waals surface area contributed by atoms with Crippen molar-refractivity contribution in [3.8, 4) is 0 Å². The lowest BCUT2D eigenvalue weighted by Gasteiger charge is -2.17. The van der Waals surface area contributed by atoms with Crippen molar-refractivity contribution in [2.75, 3.05) is 5.32 Å². The summed E-state index contributed by atoms with van der Waals surface area (Å²) in [7, 11) is 0. The molecule has 1 saturated carbocycles. The third-order valence-corrected chi connectivity index (χ3v) is 4.51. The van der Waals surface area contributed by atoms with Gasteiger partial charge in [-0.2, -0.15) is 0 Å². The molecule has 0 radical (unpaired) electrons. The van der Waals surface area contributed by atoms with Crippen LogP contribution >= 0.6 is 11.8 Å². The van der Waals surface area contributed by atoms with Crippen LogP contribution in [0.2, 0.25) is 0 Å². The Labute approximate surface area is 125 Å². The Morgan fingerprint density at radius 3 is 2.40 bits per heavy atom. The molecular formula is C16H24N2OS. The standard InChI is InChI=1S/C16H24N2OS/c1-16(2,3)20-14-8-6-13(7-9-14)18-15(19)11-4-5-12(17)10-11/h6-9,11-12H,4-5,10,17H2,1-3H3,(H,18,19). The molecule has 0 aliphatic heterocycles. The molecule has 2 rings (SSSR count). The summed E-state index contributed by atoms with van der Waals surface area (Å²) in [6.07, 6.45) is 2.67. The molecule has 3 nitrogen and oxygen atoms in total. The highest BCUT2D eigenvalue weighted by Gasteiger charge is 2.27. The number of nitrogens with one attached hydrogen (secondary N) is 1. The van der Waals surface area contributed by atoms with Crippen molar-refractivity contribution in [1.29, 1.82) is 0 Å². The van der Waals surface area contributed by atoms with Gasteiger partial charge in [-0.05, 0) is 43.5 Å². The molecule has 3 N–H and O–H groups in total. The summed E-state index contributed by atoms with van der Waals surface area (Å²) in [6.45, 7) is 6.57. The van der Waals surface area contributed by atoms with Crippen LogP contribution in [-0.2, 0) is 4.79 Å². The molecule has 1 aliphatic carbocycles. The molecule has 0 saturated heterocycles. The Kier molecular flexibility index (Phi) is 4.76. The monoisotopic (exact) mass is 292 g/mol. The Hall–Kier alpha value is -1.00. The van der Waals surface area contributed by atoms with Crippen LogP contribution < -0.4 is 11.1 Å². The van der Waals surface area contributed by atoms with E-state index in [1.807, 2.05) is 23.9 Å². The quantitative estimate of drug-likeness (QED) is 0.836. The highest BCUT2D eigenvalue weighted by Crippen LogP contribution is 2.32. The lowest BCUT2D eigenvalue weighted by molar-refractivity contribution is -0.119. The van der Waals surface area contributed by atoms with E-state index < -0.39 is 0 Å². The first-order valence-electron chi connectivity index (χ1n) is 7.19. The van der Waals surface area contributed by atoms with Gasteiger partial charge in [0.25, 0.3) is 0 Å². The maximum atomic E-state index is 12.1. The highest BCUT2D eigenvalue weighted by molar-refractivity contribution is 8.00. The van der Waals surface area contributed by atoms with E-state index >= 15 is 0 Å². The van der Waals surface area contributed by atoms with Gasteiger partial charge >= 0.3 is 0 Å². The van der Waals surface area contributed by atoms with E-state index in [9.17, 15) is 4.79 Å². The Balaban J connectivity index is 1.92. The van der Waals surface area contributed by atoms with E-state index in [1.54, 1.807) is 0 Å². The molecule has 0 spiro atoms. The summed E-state index contributed by atoms with van der Waals surface area (Å²) in [5.74, 6) is 0.183. The molecule has 0 aromatic heterocycles. The van der Waals surface area contributed by atoms with E-state index in [0.717, 1.165) is 24.9 Å². The average Bonchev–Trinajstić information content (AvgIpc) is 2.77. The summed E-state index contributed by atoms with van der Waals surface area (Å²) in [5, 5.41) is 2.99. The SMILES string of the molecule is CC(C)(C)Sc1ccc(NC(=O)C2CCC(N)C2)cc1. The summed E-state index contributed by atoms with van der Waals surface area (Å²) in [5.41, 5.74) is 6.72. The molecule has 1 aliphatic rings. The minimum Gasteiger partial charge on any atom is -0.328 e. The number of carbonyl (C=O) groups is 1. The zero-order valence-corrected chi connectivity index (χ0v) is 13.3. The molecule has 0 bridgehead atoms. The number of nitrogens with two attached hydrogens (primary N) is 1. The van der Waals surface area contributed by atoms with Crippen LogP contribution in [0.5, 0.6) is 0 Å². The predicted octanol–water partition coefficient (Wildman–Crippen LogP) is 3.64. The second-order valence-electron chi connectivity index (χ2n) is 6.50. The summed E-state index contributed by atoms with van der Waals surface area (Å²) in [6, 6.07) is 8.26. The predicted molar refractivity (Wildman–Crippen MR) is 86.0 cm³/mol. The number of hydrogen-bond acceptors (Lipinski definition) is 3. The van der Waals surface area contributed by atoms with Crippen molar-refractivity contribution in [2.45, 2.75) is 55.7 Å². The molecule has 110 valence electrons. The van der Waals surface area contributed by atoms with Crippen LogP contribution in [0.4, 0.5) is 5.69 Å². The van der Waals surface area contributed by atoms with E-state index in [1.165, 1.54) is 4.90 Å². The van der Waals surface area contributed by atoms with Crippen molar-refractivity contribution in [1.82, 2.24) is 0 Å². The minimum absolute atomic E-state index is 0.0774. The Bertz CT molecular complexity index is 464. The highest BCUT2D eigenvalue weighted by atomic mass is 32.2. The van der Waals surface area contributed by atoms with Crippen LogP contribution in [-0.4, -0.2) is 16.7 Å². The normalized spacial score (nSPS) is 22.8. The van der Waals surface area contributed by atoms with Crippen molar-refractivity contribution in [2.24, 2.45) is 11.7 Å². The third-order valence-electron chi connectivity index (χ3n) is 3.39. The first kappa shape index (κ1) is 15.4. The van der Waals surface area contributed by atoms with Crippen LogP contribution in [0.1, 0.15) is 40.0 Å². The number of carbonyl (C=O) groups excluding carboxylic acids is 1. The molecule has 1 fully saturated rings. The van der Waals surface area contributed by atoms with E-state index in [0.29, 0.717) is 0 Å². The van der Waals surface area contributed by atoms with E-state index in [2.05, 4.69) is 38.2 Å². The third kappa shape index (κ3) is 4.53. The van der Waals surface area contributed by atoms with Gasteiger partial charge in [-0.1, -0.05) is 20.8 Å². The average molecular weight is 292 g/mol. The molecule has 1 amide bonds. The maximum absolute atomic E-state index is 12.1. The van der Waals surface area contributed by atoms with Gasteiger partial charge in [0.15, 0.2) is 0 Å². The van der Waals surface area contributed by atoms with Crippen LogP contribution in [0.15, 0.2) is 29.2 Å². The number of rotatable bonds is 3. The van der Waals surface area contributed by atoms with E-state index in [4.69, 9.17) is 5.73 Å². The topological polar surface area (TPSA) is 55.1 Å². The number of hydrogen-bond donors (Lipinski definition) is 2. The fraction of sp³-hybridized carbons (Fsp3) is 0.562. The second kappa shape index (κ2) is 6.19. The molecule has 20 heavy (non-hydrogen) atoms. The molecule has 2 unspecified atom stereocenters. The summed E-state index contributed by atoms with van der Waals surface area (Å²) in [4.78, 5) is 13.3. The zero-order chi connectivity index (χ0) is 14.8. The van der Waals surface area contributed by atoms with Crippen molar-refractivity contribution < 1.29 is 4.79 Å². The molecule has 4 heteroatoms. The molecule has 1 aromatic rings. The molecule has 0 heterocycles. The Morgan fingerprint density at radius 2 is 1.90 bits per heavy atom. The van der Waals surface area contributed by atoms with Crippen LogP contribution in [0.3, 0.4) is 0 Å². The largest absolute Gasteiger partial charge is 0.328 e. The smallest absolute Gasteiger partial charge is 0.227 e. The first-order valence-corrected chi connectivity index (χ1v) is 8.01. The van der Waals surface area contributed by atoms with Crippen LogP contribution in [0.25, 0.3) is 0 Å². The lowest BCUT2D eigenvalue weighted by atomic mass is 10.1. The fourth-order valence-electron chi connectivity index (χ4n) is 2.46. The Morgan fingerprint density at radius 1 is 1.25 bits per heavy atom. The second-order valence-corrected chi connectivity index (χ2v) is 8.40. The number of benzene rings is 1. The maximum Gasteiger partial charge on any atom is 0.227 e. The van der Waals surface area contributed by atoms with Gasteiger partial charge in [-0.3, -0.25) is 4.79 Å². The van der Waals surface area contributed by atoms with Gasteiger partial charge in [0.05, 0.1) is 0 Å². The molecule has 2 atom stereocenters. The lowest BCUT2D eigenvalue weighted by Crippen LogP contribution is -2.23. The van der Waals surface area contributed by atoms with Crippen molar-refractivity contribution >= 4 is 23.4 Å². The molecular weight excluding hydrogens is 268 g/mol. The number of amides is 1. The molecule has 1 aromatic carbocycles. The number of thioether (sulfide) groups is 1. The van der Waals surface area contributed by atoms with Crippen molar-refractivity contribution in [3.63, 3.8) is 0 Å². The van der Waals surface area contributed by atoms with Gasteiger partial charge in [0.2, 0.25) is 5.91 Å².